The van der Waals surface area contributed by atoms with Gasteiger partial charge in [0.25, 0.3) is 5.91 Å². The number of nitrogens with one attached hydrogen (secondary N) is 3. The van der Waals surface area contributed by atoms with Gasteiger partial charge in [0, 0.05) is 11.6 Å². The maximum absolute atomic E-state index is 12.5. The molecule has 0 aromatic heterocycles. The van der Waals surface area contributed by atoms with Crippen LogP contribution in [0.25, 0.3) is 0 Å². The summed E-state index contributed by atoms with van der Waals surface area (Å²) in [5, 5.41) is 8.36. The largest absolute Gasteiger partial charge is 0.352 e. The van der Waals surface area contributed by atoms with Crippen molar-refractivity contribution < 1.29 is 14.4 Å². The van der Waals surface area contributed by atoms with Crippen LogP contribution in [0.4, 0.5) is 0 Å². The highest BCUT2D eigenvalue weighted by Gasteiger charge is 2.24. The Bertz CT molecular complexity index is 789. The number of amides is 3. The maximum atomic E-state index is 12.5. The van der Waals surface area contributed by atoms with Crippen LogP contribution in [0.3, 0.4) is 0 Å². The minimum absolute atomic E-state index is 0.0521. The van der Waals surface area contributed by atoms with Crippen LogP contribution in [0.1, 0.15) is 41.2 Å². The molecule has 3 N–H and O–H groups in total. The molecule has 0 spiro atoms. The summed E-state index contributed by atoms with van der Waals surface area (Å²) >= 11 is 0. The molecular formula is C21H23N3O3. The molecule has 6 nitrogen and oxygen atoms in total. The summed E-state index contributed by atoms with van der Waals surface area (Å²) in [6.07, 6.45) is 2.06. The van der Waals surface area contributed by atoms with Gasteiger partial charge in [0.05, 0.1) is 19.0 Å². The van der Waals surface area contributed by atoms with Gasteiger partial charge in [0.2, 0.25) is 11.8 Å². The molecule has 6 heteroatoms. The van der Waals surface area contributed by atoms with Crippen molar-refractivity contribution in [2.45, 2.75) is 31.3 Å². The zero-order valence-electron chi connectivity index (χ0n) is 15.0. The van der Waals surface area contributed by atoms with E-state index in [2.05, 4.69) is 16.0 Å². The van der Waals surface area contributed by atoms with Crippen LogP contribution in [0.5, 0.6) is 0 Å². The summed E-state index contributed by atoms with van der Waals surface area (Å²) in [6.45, 7) is -0.0521. The average molecular weight is 365 g/mol. The normalized spacial score (nSPS) is 14.1. The molecule has 0 bridgehead atoms. The van der Waals surface area contributed by atoms with Gasteiger partial charge < -0.3 is 16.0 Å². The lowest BCUT2D eigenvalue weighted by Crippen LogP contribution is -2.39. The minimum atomic E-state index is -0.481. The Morgan fingerprint density at radius 1 is 0.889 bits per heavy atom. The predicted molar refractivity (Wildman–Crippen MR) is 102 cm³/mol. The summed E-state index contributed by atoms with van der Waals surface area (Å²) < 4.78 is 0. The lowest BCUT2D eigenvalue weighted by molar-refractivity contribution is -0.126. The summed E-state index contributed by atoms with van der Waals surface area (Å²) in [7, 11) is 0. The van der Waals surface area contributed by atoms with Crippen molar-refractivity contribution in [2.24, 2.45) is 0 Å². The standard InChI is InChI=1S/C21H23N3O3/c25-19(22-14-20(26)23-17-11-12-17)13-18(15-7-3-1-4-8-15)24-21(27)16-9-5-2-6-10-16/h1-10,17-18H,11-14H2,(H,22,25)(H,23,26)(H,24,27)/t18-/m0/s1. The summed E-state index contributed by atoms with van der Waals surface area (Å²) in [6, 6.07) is 18.0. The number of hydrogen-bond acceptors (Lipinski definition) is 3. The molecule has 0 unspecified atom stereocenters. The molecule has 3 rings (SSSR count). The van der Waals surface area contributed by atoms with Gasteiger partial charge in [-0.25, -0.2) is 0 Å². The summed E-state index contributed by atoms with van der Waals surface area (Å²) in [4.78, 5) is 36.5. The monoisotopic (exact) mass is 365 g/mol. The molecule has 140 valence electrons. The Morgan fingerprint density at radius 2 is 1.52 bits per heavy atom. The van der Waals surface area contributed by atoms with Crippen LogP contribution in [0.15, 0.2) is 60.7 Å². The minimum Gasteiger partial charge on any atom is -0.352 e. The van der Waals surface area contributed by atoms with Gasteiger partial charge in [0.1, 0.15) is 0 Å². The predicted octanol–water partition coefficient (Wildman–Crippen LogP) is 1.94. The van der Waals surface area contributed by atoms with E-state index < -0.39 is 6.04 Å². The van der Waals surface area contributed by atoms with E-state index in [0.717, 1.165) is 18.4 Å². The first-order valence-electron chi connectivity index (χ1n) is 9.09. The second kappa shape index (κ2) is 8.98. The van der Waals surface area contributed by atoms with Crippen LogP contribution in [-0.2, 0) is 9.59 Å². The van der Waals surface area contributed by atoms with E-state index in [1.807, 2.05) is 36.4 Å². The third kappa shape index (κ3) is 5.95. The van der Waals surface area contributed by atoms with E-state index in [4.69, 9.17) is 0 Å². The molecular weight excluding hydrogens is 342 g/mol. The molecule has 1 saturated carbocycles. The number of rotatable bonds is 8. The third-order valence-electron chi connectivity index (χ3n) is 4.32. The van der Waals surface area contributed by atoms with E-state index in [0.29, 0.717) is 5.56 Å². The first-order valence-corrected chi connectivity index (χ1v) is 9.09. The lowest BCUT2D eigenvalue weighted by atomic mass is 10.0. The zero-order chi connectivity index (χ0) is 19.1. The highest BCUT2D eigenvalue weighted by atomic mass is 16.2. The molecule has 0 saturated heterocycles. The molecule has 1 aliphatic rings. The molecule has 0 aliphatic heterocycles. The fraction of sp³-hybridized carbons (Fsp3) is 0.286. The zero-order valence-corrected chi connectivity index (χ0v) is 15.0. The molecule has 2 aromatic rings. The van der Waals surface area contributed by atoms with Gasteiger partial charge in [-0.1, -0.05) is 48.5 Å². The quantitative estimate of drug-likeness (QED) is 0.668. The Morgan fingerprint density at radius 3 is 2.15 bits per heavy atom. The highest BCUT2D eigenvalue weighted by molar-refractivity contribution is 5.94. The molecule has 1 atom stereocenters. The van der Waals surface area contributed by atoms with Crippen LogP contribution >= 0.6 is 0 Å². The van der Waals surface area contributed by atoms with Gasteiger partial charge in [-0.15, -0.1) is 0 Å². The van der Waals surface area contributed by atoms with Crippen LogP contribution in [0, 0.1) is 0 Å². The van der Waals surface area contributed by atoms with Crippen molar-refractivity contribution in [2.75, 3.05) is 6.54 Å². The van der Waals surface area contributed by atoms with E-state index in [1.165, 1.54) is 0 Å². The maximum Gasteiger partial charge on any atom is 0.251 e. The SMILES string of the molecule is O=C(C[C@H](NC(=O)c1ccccc1)c1ccccc1)NCC(=O)NC1CC1. The van der Waals surface area contributed by atoms with Crippen molar-refractivity contribution in [1.82, 2.24) is 16.0 Å². The topological polar surface area (TPSA) is 87.3 Å². The van der Waals surface area contributed by atoms with Crippen molar-refractivity contribution in [3.05, 3.63) is 71.8 Å². The summed E-state index contributed by atoms with van der Waals surface area (Å²) in [5.41, 5.74) is 1.36. The molecule has 2 aromatic carbocycles. The van der Waals surface area contributed by atoms with Gasteiger partial charge >= 0.3 is 0 Å². The Kier molecular flexibility index (Phi) is 6.20. The number of benzene rings is 2. The lowest BCUT2D eigenvalue weighted by Gasteiger charge is -2.19. The number of carbonyl (C=O) groups excluding carboxylic acids is 3. The van der Waals surface area contributed by atoms with Gasteiger partial charge in [0.15, 0.2) is 0 Å². The molecule has 3 amide bonds. The third-order valence-corrected chi connectivity index (χ3v) is 4.32. The summed E-state index contributed by atoms with van der Waals surface area (Å²) in [5.74, 6) is -0.720. The van der Waals surface area contributed by atoms with Crippen LogP contribution in [-0.4, -0.2) is 30.3 Å². The van der Waals surface area contributed by atoms with E-state index in [-0.39, 0.29) is 36.7 Å². The number of hydrogen-bond donors (Lipinski definition) is 3. The van der Waals surface area contributed by atoms with Crippen LogP contribution in [0.2, 0.25) is 0 Å². The average Bonchev–Trinajstić information content (AvgIpc) is 3.51. The van der Waals surface area contributed by atoms with Crippen molar-refractivity contribution >= 4 is 17.7 Å². The first kappa shape index (κ1) is 18.6. The van der Waals surface area contributed by atoms with Crippen molar-refractivity contribution in [3.63, 3.8) is 0 Å². The fourth-order valence-corrected chi connectivity index (χ4v) is 2.71. The Hall–Kier alpha value is -3.15. The Balaban J connectivity index is 1.60. The highest BCUT2D eigenvalue weighted by Crippen LogP contribution is 2.19. The Labute approximate surface area is 158 Å². The van der Waals surface area contributed by atoms with Gasteiger partial charge in [-0.3, -0.25) is 14.4 Å². The second-order valence-electron chi connectivity index (χ2n) is 6.63. The van der Waals surface area contributed by atoms with E-state index in [1.54, 1.807) is 24.3 Å². The van der Waals surface area contributed by atoms with Crippen molar-refractivity contribution in [3.8, 4) is 0 Å². The second-order valence-corrected chi connectivity index (χ2v) is 6.63. The molecule has 1 fully saturated rings. The smallest absolute Gasteiger partial charge is 0.251 e. The van der Waals surface area contributed by atoms with Gasteiger partial charge in [-0.2, -0.15) is 0 Å². The molecule has 27 heavy (non-hydrogen) atoms. The molecule has 0 radical (unpaired) electrons. The van der Waals surface area contributed by atoms with Crippen molar-refractivity contribution in [1.29, 1.82) is 0 Å². The molecule has 0 heterocycles. The van der Waals surface area contributed by atoms with E-state index >= 15 is 0 Å². The van der Waals surface area contributed by atoms with E-state index in [9.17, 15) is 14.4 Å². The fourth-order valence-electron chi connectivity index (χ4n) is 2.71. The van der Waals surface area contributed by atoms with Crippen LogP contribution < -0.4 is 16.0 Å². The van der Waals surface area contributed by atoms with Gasteiger partial charge in [-0.05, 0) is 30.5 Å². The number of carbonyl (C=O) groups is 3. The molecule has 1 aliphatic carbocycles. The first-order chi connectivity index (χ1) is 13.1.